The maximum Gasteiger partial charge on any atom is 0.333 e. The summed E-state index contributed by atoms with van der Waals surface area (Å²) in [5.74, 6) is -0.349. The molecular formula is C16H29NO3. The van der Waals surface area contributed by atoms with Crippen molar-refractivity contribution in [1.82, 2.24) is 4.90 Å². The zero-order valence-corrected chi connectivity index (χ0v) is 13.8. The third-order valence-electron chi connectivity index (χ3n) is 4.29. The fourth-order valence-corrected chi connectivity index (χ4v) is 2.87. The van der Waals surface area contributed by atoms with E-state index in [4.69, 9.17) is 9.47 Å². The van der Waals surface area contributed by atoms with E-state index in [2.05, 4.69) is 46.2 Å². The van der Waals surface area contributed by atoms with Crippen LogP contribution in [-0.2, 0) is 14.3 Å². The zero-order chi connectivity index (χ0) is 15.6. The number of hydrogen-bond donors (Lipinski definition) is 0. The summed E-state index contributed by atoms with van der Waals surface area (Å²) in [6.45, 7) is 14.9. The fraction of sp³-hybridized carbons (Fsp3) is 0.812. The normalized spacial score (nSPS) is 22.5. The van der Waals surface area contributed by atoms with Gasteiger partial charge in [-0.15, -0.1) is 0 Å². The van der Waals surface area contributed by atoms with Gasteiger partial charge in [0.15, 0.2) is 0 Å². The van der Waals surface area contributed by atoms with Crippen LogP contribution in [0.2, 0.25) is 0 Å². The highest BCUT2D eigenvalue weighted by atomic mass is 16.6. The lowest BCUT2D eigenvalue weighted by molar-refractivity contribution is -0.143. The van der Waals surface area contributed by atoms with Crippen LogP contribution in [0.4, 0.5) is 0 Å². The van der Waals surface area contributed by atoms with Crippen LogP contribution in [0.5, 0.6) is 0 Å². The van der Waals surface area contributed by atoms with Crippen LogP contribution >= 0.6 is 0 Å². The van der Waals surface area contributed by atoms with Crippen molar-refractivity contribution >= 4 is 5.97 Å². The average molecular weight is 283 g/mol. The summed E-state index contributed by atoms with van der Waals surface area (Å²) >= 11 is 0. The topological polar surface area (TPSA) is 38.8 Å². The van der Waals surface area contributed by atoms with Gasteiger partial charge in [0.2, 0.25) is 0 Å². The van der Waals surface area contributed by atoms with E-state index in [0.29, 0.717) is 18.8 Å². The van der Waals surface area contributed by atoms with Gasteiger partial charge in [-0.05, 0) is 54.5 Å². The Kier molecular flexibility index (Phi) is 5.39. The molecule has 0 bridgehead atoms. The van der Waals surface area contributed by atoms with E-state index in [1.807, 2.05) is 0 Å². The third kappa shape index (κ3) is 4.32. The Morgan fingerprint density at radius 3 is 2.15 bits per heavy atom. The molecule has 1 heterocycles. The summed E-state index contributed by atoms with van der Waals surface area (Å²) in [5.41, 5.74) is 0.647. The second kappa shape index (κ2) is 6.27. The van der Waals surface area contributed by atoms with Crippen LogP contribution in [0, 0.1) is 0 Å². The first-order valence-corrected chi connectivity index (χ1v) is 7.24. The molecule has 4 nitrogen and oxygen atoms in total. The number of carbonyl (C=O) groups is 1. The zero-order valence-electron chi connectivity index (χ0n) is 13.8. The number of nitrogens with zero attached hydrogens (tertiary/aromatic N) is 1. The highest BCUT2D eigenvalue weighted by Crippen LogP contribution is 2.37. The summed E-state index contributed by atoms with van der Waals surface area (Å²) in [7, 11) is 2.17. The van der Waals surface area contributed by atoms with Crippen LogP contribution < -0.4 is 0 Å². The summed E-state index contributed by atoms with van der Waals surface area (Å²) in [4.78, 5) is 13.7. The van der Waals surface area contributed by atoms with Gasteiger partial charge in [-0.2, -0.15) is 0 Å². The Hall–Kier alpha value is -0.870. The van der Waals surface area contributed by atoms with E-state index in [1.165, 1.54) is 0 Å². The fourth-order valence-electron chi connectivity index (χ4n) is 2.87. The first kappa shape index (κ1) is 17.2. The van der Waals surface area contributed by atoms with Crippen molar-refractivity contribution in [2.24, 2.45) is 0 Å². The number of piperidine rings is 1. The van der Waals surface area contributed by atoms with Gasteiger partial charge < -0.3 is 9.47 Å². The molecule has 116 valence electrons. The molecule has 20 heavy (non-hydrogen) atoms. The summed E-state index contributed by atoms with van der Waals surface area (Å²) in [5, 5.41) is 0. The van der Waals surface area contributed by atoms with Crippen molar-refractivity contribution in [2.75, 3.05) is 20.3 Å². The maximum atomic E-state index is 11.3. The molecule has 0 amide bonds. The van der Waals surface area contributed by atoms with Gasteiger partial charge in [0.1, 0.15) is 6.61 Å². The molecular weight excluding hydrogens is 254 g/mol. The Labute approximate surface area is 123 Å². The minimum atomic E-state index is -0.349. The molecule has 0 spiro atoms. The number of likely N-dealkylation sites (tertiary alicyclic amines) is 1. The number of ether oxygens (including phenoxy) is 2. The Morgan fingerprint density at radius 2 is 1.70 bits per heavy atom. The van der Waals surface area contributed by atoms with Gasteiger partial charge in [0.05, 0.1) is 12.7 Å². The molecule has 1 aliphatic rings. The molecule has 0 aromatic carbocycles. The summed E-state index contributed by atoms with van der Waals surface area (Å²) < 4.78 is 10.9. The van der Waals surface area contributed by atoms with Crippen LogP contribution in [0.3, 0.4) is 0 Å². The lowest BCUT2D eigenvalue weighted by Crippen LogP contribution is -2.60. The minimum Gasteiger partial charge on any atom is -0.460 e. The van der Waals surface area contributed by atoms with Crippen LogP contribution in [0.15, 0.2) is 12.2 Å². The SMILES string of the molecule is C=C(C)C(=O)OCCOC1CC(C)(C)N(C)C(C)(C)C1. The van der Waals surface area contributed by atoms with E-state index >= 15 is 0 Å². The molecule has 1 fully saturated rings. The van der Waals surface area contributed by atoms with E-state index < -0.39 is 0 Å². The smallest absolute Gasteiger partial charge is 0.333 e. The highest BCUT2D eigenvalue weighted by molar-refractivity contribution is 5.86. The number of carbonyl (C=O) groups excluding carboxylic acids is 1. The predicted molar refractivity (Wildman–Crippen MR) is 80.7 cm³/mol. The quantitative estimate of drug-likeness (QED) is 0.442. The molecule has 0 radical (unpaired) electrons. The van der Waals surface area contributed by atoms with E-state index in [1.54, 1.807) is 6.92 Å². The van der Waals surface area contributed by atoms with Crippen molar-refractivity contribution in [3.63, 3.8) is 0 Å². The number of esters is 1. The van der Waals surface area contributed by atoms with Crippen molar-refractivity contribution < 1.29 is 14.3 Å². The van der Waals surface area contributed by atoms with Crippen molar-refractivity contribution in [1.29, 1.82) is 0 Å². The molecule has 0 atom stereocenters. The molecule has 1 aliphatic heterocycles. The molecule has 1 rings (SSSR count). The third-order valence-corrected chi connectivity index (χ3v) is 4.29. The van der Waals surface area contributed by atoms with E-state index in [0.717, 1.165) is 12.8 Å². The van der Waals surface area contributed by atoms with Crippen LogP contribution in [0.25, 0.3) is 0 Å². The molecule has 4 heteroatoms. The molecule has 0 aromatic rings. The van der Waals surface area contributed by atoms with Gasteiger partial charge in [0.25, 0.3) is 0 Å². The highest BCUT2D eigenvalue weighted by Gasteiger charge is 2.43. The van der Waals surface area contributed by atoms with E-state index in [-0.39, 0.29) is 23.2 Å². The summed E-state index contributed by atoms with van der Waals surface area (Å²) in [6.07, 6.45) is 2.18. The van der Waals surface area contributed by atoms with E-state index in [9.17, 15) is 4.79 Å². The average Bonchev–Trinajstić information content (AvgIpc) is 2.30. The maximum absolute atomic E-state index is 11.3. The first-order valence-electron chi connectivity index (χ1n) is 7.24. The van der Waals surface area contributed by atoms with Crippen LogP contribution in [0.1, 0.15) is 47.5 Å². The molecule has 0 unspecified atom stereocenters. The van der Waals surface area contributed by atoms with Crippen molar-refractivity contribution in [3.8, 4) is 0 Å². The lowest BCUT2D eigenvalue weighted by atomic mass is 9.79. The Morgan fingerprint density at radius 1 is 1.20 bits per heavy atom. The Bertz CT molecular complexity index is 356. The molecule has 0 N–H and O–H groups in total. The van der Waals surface area contributed by atoms with Gasteiger partial charge in [-0.1, -0.05) is 6.58 Å². The standard InChI is InChI=1S/C16H29NO3/c1-12(2)14(18)20-9-8-19-13-10-15(3,4)17(7)16(5,6)11-13/h13H,1,8-11H2,2-7H3. The van der Waals surface area contributed by atoms with Crippen LogP contribution in [-0.4, -0.2) is 48.3 Å². The molecule has 1 saturated heterocycles. The molecule has 0 saturated carbocycles. The van der Waals surface area contributed by atoms with Gasteiger partial charge in [0, 0.05) is 16.7 Å². The van der Waals surface area contributed by atoms with Crippen molar-refractivity contribution in [2.45, 2.75) is 64.6 Å². The molecule has 0 aliphatic carbocycles. The predicted octanol–water partition coefficient (Wildman–Crippen LogP) is 2.77. The lowest BCUT2D eigenvalue weighted by Gasteiger charge is -2.53. The second-order valence-corrected chi connectivity index (χ2v) is 7.00. The molecule has 0 aromatic heterocycles. The number of rotatable bonds is 5. The largest absolute Gasteiger partial charge is 0.460 e. The summed E-state index contributed by atoms with van der Waals surface area (Å²) in [6, 6.07) is 0. The Balaban J connectivity index is 2.42. The van der Waals surface area contributed by atoms with Gasteiger partial charge >= 0.3 is 5.97 Å². The monoisotopic (exact) mass is 283 g/mol. The first-order chi connectivity index (χ1) is 9.06. The number of hydrogen-bond acceptors (Lipinski definition) is 4. The van der Waals surface area contributed by atoms with Gasteiger partial charge in [-0.25, -0.2) is 4.79 Å². The minimum absolute atomic E-state index is 0.112. The van der Waals surface area contributed by atoms with Gasteiger partial charge in [-0.3, -0.25) is 4.90 Å². The second-order valence-electron chi connectivity index (χ2n) is 7.00. The van der Waals surface area contributed by atoms with Crippen molar-refractivity contribution in [3.05, 3.63) is 12.2 Å².